The van der Waals surface area contributed by atoms with Gasteiger partial charge in [0.05, 0.1) is 0 Å². The maximum absolute atomic E-state index is 12.3. The molecule has 2 heterocycles. The number of hydrogen-bond donors (Lipinski definition) is 3. The van der Waals surface area contributed by atoms with Crippen molar-refractivity contribution in [3.05, 3.63) is 29.8 Å². The van der Waals surface area contributed by atoms with Crippen LogP contribution >= 0.6 is 0 Å². The quantitative estimate of drug-likeness (QED) is 0.689. The Morgan fingerprint density at radius 2 is 2.04 bits per heavy atom. The number of carbonyl (C=O) groups excluding carboxylic acids is 1. The summed E-state index contributed by atoms with van der Waals surface area (Å²) in [6.45, 7) is 3.72. The molecule has 0 bridgehead atoms. The van der Waals surface area contributed by atoms with Gasteiger partial charge in [-0.2, -0.15) is 0 Å². The van der Waals surface area contributed by atoms with Crippen LogP contribution < -0.4 is 15.8 Å². The van der Waals surface area contributed by atoms with Crippen LogP contribution in [0.1, 0.15) is 25.3 Å². The van der Waals surface area contributed by atoms with Crippen molar-refractivity contribution < 1.29 is 24.2 Å². The van der Waals surface area contributed by atoms with E-state index in [2.05, 4.69) is 5.32 Å². The van der Waals surface area contributed by atoms with E-state index >= 15 is 0 Å². The van der Waals surface area contributed by atoms with Crippen molar-refractivity contribution in [2.45, 2.75) is 50.6 Å². The number of carbonyl (C=O) groups is 2. The Morgan fingerprint density at radius 1 is 1.38 bits per heavy atom. The molecule has 2 fully saturated rings. The zero-order valence-corrected chi connectivity index (χ0v) is 14.8. The number of nitrogens with two attached hydrogens (primary N) is 1. The molecule has 1 aromatic rings. The molecule has 0 spiro atoms. The molecule has 0 saturated carbocycles. The van der Waals surface area contributed by atoms with Crippen LogP contribution in [0.5, 0.6) is 5.75 Å². The Balaban J connectivity index is 1.60. The maximum atomic E-state index is 12.3. The minimum atomic E-state index is -1.03. The third-order valence-corrected chi connectivity index (χ3v) is 4.91. The average Bonchev–Trinajstić information content (AvgIpc) is 2.90. The molecule has 3 rings (SSSR count). The van der Waals surface area contributed by atoms with Crippen LogP contribution in [-0.4, -0.2) is 59.6 Å². The van der Waals surface area contributed by atoms with E-state index in [0.29, 0.717) is 5.75 Å². The average molecular weight is 363 g/mol. The van der Waals surface area contributed by atoms with Gasteiger partial charge in [0.25, 0.3) is 6.29 Å². The molecule has 2 saturated heterocycles. The van der Waals surface area contributed by atoms with Gasteiger partial charge in [0.1, 0.15) is 17.8 Å². The predicted molar refractivity (Wildman–Crippen MR) is 93.8 cm³/mol. The number of carboxylic acid groups (broad SMARTS) is 1. The van der Waals surface area contributed by atoms with Gasteiger partial charge in [0.15, 0.2) is 0 Å². The lowest BCUT2D eigenvalue weighted by Crippen LogP contribution is -2.48. The first-order valence-corrected chi connectivity index (χ1v) is 8.89. The van der Waals surface area contributed by atoms with Crippen molar-refractivity contribution in [3.63, 3.8) is 0 Å². The van der Waals surface area contributed by atoms with Gasteiger partial charge in [-0.15, -0.1) is 0 Å². The zero-order chi connectivity index (χ0) is 18.7. The summed E-state index contributed by atoms with van der Waals surface area (Å²) in [4.78, 5) is 24.9. The lowest BCUT2D eigenvalue weighted by Gasteiger charge is -2.32. The second-order valence-electron chi connectivity index (χ2n) is 6.79. The van der Waals surface area contributed by atoms with E-state index in [1.807, 2.05) is 6.92 Å². The standard InChI is InChI=1S/C18H25N3O5/c1-11-17(26-18(24)21(11)13-6-8-20-9-7-13)25-14-4-2-12(3-5-14)10-15(19)16(22)23/h2-5,11,13,15,17,20H,6-10,19H2,1H3,(H,22,23). The number of hydrogen-bond acceptors (Lipinski definition) is 6. The first-order chi connectivity index (χ1) is 12.5. The van der Waals surface area contributed by atoms with Gasteiger partial charge in [-0.05, 0) is 57.0 Å². The fraction of sp³-hybridized carbons (Fsp3) is 0.556. The van der Waals surface area contributed by atoms with Gasteiger partial charge >= 0.3 is 12.1 Å². The Bertz CT molecular complexity index is 645. The number of cyclic esters (lactones) is 1. The van der Waals surface area contributed by atoms with Crippen molar-refractivity contribution in [1.29, 1.82) is 0 Å². The molecule has 8 heteroatoms. The van der Waals surface area contributed by atoms with Gasteiger partial charge in [0.2, 0.25) is 0 Å². The van der Waals surface area contributed by atoms with E-state index in [9.17, 15) is 9.59 Å². The second kappa shape index (κ2) is 7.92. The number of nitrogens with one attached hydrogen (secondary N) is 1. The number of rotatable bonds is 6. The van der Waals surface area contributed by atoms with Crippen LogP contribution in [0.4, 0.5) is 4.79 Å². The fourth-order valence-electron chi connectivity index (χ4n) is 3.42. The molecule has 3 unspecified atom stereocenters. The summed E-state index contributed by atoms with van der Waals surface area (Å²) in [6.07, 6.45) is 1.06. The molecule has 142 valence electrons. The predicted octanol–water partition coefficient (Wildman–Crippen LogP) is 0.939. The maximum Gasteiger partial charge on any atom is 0.413 e. The summed E-state index contributed by atoms with van der Waals surface area (Å²) >= 11 is 0. The highest BCUT2D eigenvalue weighted by molar-refractivity contribution is 5.73. The van der Waals surface area contributed by atoms with Crippen molar-refractivity contribution in [3.8, 4) is 5.75 Å². The highest BCUT2D eigenvalue weighted by Gasteiger charge is 2.44. The number of aliphatic carboxylic acids is 1. The normalized spacial score (nSPS) is 25.0. The molecular formula is C18H25N3O5. The molecule has 1 aromatic carbocycles. The second-order valence-corrected chi connectivity index (χ2v) is 6.79. The first kappa shape index (κ1) is 18.5. The van der Waals surface area contributed by atoms with Crippen LogP contribution in [-0.2, 0) is 16.0 Å². The summed E-state index contributed by atoms with van der Waals surface area (Å²) in [5.74, 6) is -0.468. The molecule has 3 atom stereocenters. The largest absolute Gasteiger partial charge is 0.480 e. The summed E-state index contributed by atoms with van der Waals surface area (Å²) < 4.78 is 11.3. The van der Waals surface area contributed by atoms with E-state index in [4.69, 9.17) is 20.3 Å². The number of piperidine rings is 1. The number of amides is 1. The smallest absolute Gasteiger partial charge is 0.413 e. The van der Waals surface area contributed by atoms with E-state index in [-0.39, 0.29) is 24.6 Å². The molecule has 26 heavy (non-hydrogen) atoms. The number of nitrogens with zero attached hydrogens (tertiary/aromatic N) is 1. The van der Waals surface area contributed by atoms with Gasteiger partial charge in [-0.25, -0.2) is 4.79 Å². The van der Waals surface area contributed by atoms with E-state index in [1.54, 1.807) is 29.2 Å². The minimum absolute atomic E-state index is 0.173. The van der Waals surface area contributed by atoms with E-state index < -0.39 is 18.3 Å². The number of carboxylic acids is 1. The molecule has 8 nitrogen and oxygen atoms in total. The number of benzene rings is 1. The molecule has 2 aliphatic heterocycles. The third-order valence-electron chi connectivity index (χ3n) is 4.91. The molecular weight excluding hydrogens is 338 g/mol. The first-order valence-electron chi connectivity index (χ1n) is 8.89. The minimum Gasteiger partial charge on any atom is -0.480 e. The molecule has 0 aromatic heterocycles. The van der Waals surface area contributed by atoms with E-state index in [0.717, 1.165) is 31.5 Å². The SMILES string of the molecule is CC1C(Oc2ccc(CC(N)C(=O)O)cc2)OC(=O)N1C1CCNCC1. The van der Waals surface area contributed by atoms with E-state index in [1.165, 1.54) is 0 Å². The molecule has 2 aliphatic rings. The summed E-state index contributed by atoms with van der Waals surface area (Å²) in [5.41, 5.74) is 6.35. The van der Waals surface area contributed by atoms with Crippen molar-refractivity contribution in [2.75, 3.05) is 13.1 Å². The van der Waals surface area contributed by atoms with Crippen molar-refractivity contribution >= 4 is 12.1 Å². The Hall–Kier alpha value is -2.32. The van der Waals surface area contributed by atoms with Gasteiger partial charge < -0.3 is 25.6 Å². The summed E-state index contributed by atoms with van der Waals surface area (Å²) in [5, 5.41) is 12.2. The fourth-order valence-corrected chi connectivity index (χ4v) is 3.42. The third kappa shape index (κ3) is 4.08. The molecule has 0 aliphatic carbocycles. The lowest BCUT2D eigenvalue weighted by atomic mass is 10.0. The Morgan fingerprint density at radius 3 is 2.65 bits per heavy atom. The van der Waals surface area contributed by atoms with Crippen LogP contribution in [0.25, 0.3) is 0 Å². The Kier molecular flexibility index (Phi) is 5.63. The highest BCUT2D eigenvalue weighted by atomic mass is 16.7. The topological polar surface area (TPSA) is 114 Å². The van der Waals surface area contributed by atoms with Crippen molar-refractivity contribution in [2.24, 2.45) is 5.73 Å². The van der Waals surface area contributed by atoms with Crippen LogP contribution in [0, 0.1) is 0 Å². The van der Waals surface area contributed by atoms with Crippen LogP contribution in [0.15, 0.2) is 24.3 Å². The lowest BCUT2D eigenvalue weighted by molar-refractivity contribution is -0.138. The van der Waals surface area contributed by atoms with Gasteiger partial charge in [-0.1, -0.05) is 12.1 Å². The molecule has 1 amide bonds. The monoisotopic (exact) mass is 363 g/mol. The summed E-state index contributed by atoms with van der Waals surface area (Å²) in [7, 11) is 0. The number of ether oxygens (including phenoxy) is 2. The van der Waals surface area contributed by atoms with Gasteiger partial charge in [0, 0.05) is 6.04 Å². The zero-order valence-electron chi connectivity index (χ0n) is 14.8. The summed E-state index contributed by atoms with van der Waals surface area (Å²) in [6, 6.07) is 6.07. The van der Waals surface area contributed by atoms with Crippen molar-refractivity contribution in [1.82, 2.24) is 10.2 Å². The van der Waals surface area contributed by atoms with Crippen LogP contribution in [0.2, 0.25) is 0 Å². The molecule has 0 radical (unpaired) electrons. The van der Waals surface area contributed by atoms with Gasteiger partial charge in [-0.3, -0.25) is 9.69 Å². The Labute approximate surface area is 152 Å². The van der Waals surface area contributed by atoms with Crippen LogP contribution in [0.3, 0.4) is 0 Å². The highest BCUT2D eigenvalue weighted by Crippen LogP contribution is 2.28. The molecule has 4 N–H and O–H groups in total.